The Labute approximate surface area is 95.9 Å². The average Bonchev–Trinajstić information content (AvgIpc) is 2.46. The molecule has 14 heavy (non-hydrogen) atoms. The Hall–Kier alpha value is -1.04. The molecule has 0 amide bonds. The van der Waals surface area contributed by atoms with Crippen molar-refractivity contribution >= 4 is 37.8 Å². The molecule has 0 saturated heterocycles. The van der Waals surface area contributed by atoms with Crippen molar-refractivity contribution in [3.63, 3.8) is 0 Å². The first-order valence-electron chi connectivity index (χ1n) is 3.73. The number of halogens is 2. The van der Waals surface area contributed by atoms with Gasteiger partial charge in [0.2, 0.25) is 0 Å². The van der Waals surface area contributed by atoms with Gasteiger partial charge in [-0.25, -0.2) is 0 Å². The molecule has 0 aliphatic heterocycles. The van der Waals surface area contributed by atoms with Gasteiger partial charge in [0.15, 0.2) is 5.78 Å². The van der Waals surface area contributed by atoms with Gasteiger partial charge in [-0.15, -0.1) is 12.8 Å². The molecule has 0 unspecified atom stereocenters. The average molecular weight is 270 g/mol. The van der Waals surface area contributed by atoms with E-state index in [4.69, 9.17) is 11.6 Å². The first kappa shape index (κ1) is 11.0. The van der Waals surface area contributed by atoms with E-state index in [0.29, 0.717) is 10.6 Å². The Morgan fingerprint density at radius 3 is 2.50 bits per heavy atom. The third-order valence-corrected chi connectivity index (χ3v) is 2.65. The highest BCUT2D eigenvalue weighted by Crippen LogP contribution is 2.32. The minimum atomic E-state index is 0.0133. The first-order valence-corrected chi connectivity index (χ1v) is 4.90. The molecule has 0 saturated carbocycles. The van der Waals surface area contributed by atoms with E-state index in [1.165, 1.54) is 0 Å². The molecule has 1 aliphatic carbocycles. The van der Waals surface area contributed by atoms with Crippen LogP contribution in [0, 0.1) is 12.8 Å². The van der Waals surface area contributed by atoms with E-state index in [9.17, 15) is 4.79 Å². The summed E-state index contributed by atoms with van der Waals surface area (Å²) in [7, 11) is 0. The molecule has 0 atom stereocenters. The van der Waals surface area contributed by atoms with Crippen LogP contribution in [0.5, 0.6) is 0 Å². The number of ketones is 1. The van der Waals surface area contributed by atoms with Crippen LogP contribution in [0.1, 0.15) is 15.9 Å². The van der Waals surface area contributed by atoms with Crippen molar-refractivity contribution in [3.8, 4) is 12.8 Å². The molecule has 0 radical (unpaired) electrons. The molecule has 0 aromatic heterocycles. The lowest BCUT2D eigenvalue weighted by Gasteiger charge is -1.98. The summed E-state index contributed by atoms with van der Waals surface area (Å²) in [6, 6.07) is 5.29. The Morgan fingerprint density at radius 1 is 1.21 bits per heavy atom. The number of fused-ring (bicyclic) bond motifs is 1. The van der Waals surface area contributed by atoms with Gasteiger partial charge in [0.25, 0.3) is 0 Å². The molecule has 0 heterocycles. The summed E-state index contributed by atoms with van der Waals surface area (Å²) in [5.74, 6) is 0.0133. The quantitative estimate of drug-likeness (QED) is 0.659. The van der Waals surface area contributed by atoms with Crippen molar-refractivity contribution in [2.24, 2.45) is 0 Å². The normalized spacial score (nSPS) is 12.6. The highest BCUT2D eigenvalue weighted by atomic mass is 79.9. The SMILES string of the molecule is C#C.O=C1C=C(Br)c2ccc(Cl)cc21. The van der Waals surface area contributed by atoms with Crippen LogP contribution in [0.3, 0.4) is 0 Å². The summed E-state index contributed by atoms with van der Waals surface area (Å²) in [6.07, 6.45) is 9.56. The topological polar surface area (TPSA) is 17.1 Å². The zero-order valence-electron chi connectivity index (χ0n) is 7.13. The highest BCUT2D eigenvalue weighted by Gasteiger charge is 2.18. The number of benzene rings is 1. The van der Waals surface area contributed by atoms with Gasteiger partial charge in [0, 0.05) is 26.7 Å². The Kier molecular flexibility index (Phi) is 3.51. The van der Waals surface area contributed by atoms with Crippen LogP contribution < -0.4 is 0 Å². The maximum Gasteiger partial charge on any atom is 0.187 e. The zero-order valence-corrected chi connectivity index (χ0v) is 9.47. The number of carbonyl (C=O) groups is 1. The third kappa shape index (κ3) is 1.89. The summed E-state index contributed by atoms with van der Waals surface area (Å²) in [4.78, 5) is 11.3. The molecule has 3 heteroatoms. The van der Waals surface area contributed by atoms with Crippen LogP contribution in [-0.4, -0.2) is 5.78 Å². The largest absolute Gasteiger partial charge is 0.289 e. The van der Waals surface area contributed by atoms with Gasteiger partial charge in [-0.05, 0) is 12.1 Å². The van der Waals surface area contributed by atoms with E-state index in [-0.39, 0.29) is 5.78 Å². The second-order valence-corrected chi connectivity index (χ2v) is 3.84. The van der Waals surface area contributed by atoms with Crippen LogP contribution in [0.4, 0.5) is 0 Å². The van der Waals surface area contributed by atoms with Gasteiger partial charge in [0.05, 0.1) is 0 Å². The molecule has 0 spiro atoms. The lowest BCUT2D eigenvalue weighted by molar-refractivity contribution is 0.105. The number of rotatable bonds is 0. The number of hydrogen-bond acceptors (Lipinski definition) is 1. The Morgan fingerprint density at radius 2 is 1.86 bits per heavy atom. The lowest BCUT2D eigenvalue weighted by Crippen LogP contribution is -1.90. The van der Waals surface area contributed by atoms with Gasteiger partial charge < -0.3 is 0 Å². The smallest absolute Gasteiger partial charge is 0.187 e. The minimum Gasteiger partial charge on any atom is -0.289 e. The van der Waals surface area contributed by atoms with Crippen molar-refractivity contribution in [2.45, 2.75) is 0 Å². The Balaban J connectivity index is 0.000000461. The molecule has 1 aromatic rings. The van der Waals surface area contributed by atoms with Crippen LogP contribution in [0.2, 0.25) is 5.02 Å². The van der Waals surface area contributed by atoms with Gasteiger partial charge in [0.1, 0.15) is 0 Å². The van der Waals surface area contributed by atoms with Crippen LogP contribution in [-0.2, 0) is 0 Å². The van der Waals surface area contributed by atoms with Crippen molar-refractivity contribution in [2.75, 3.05) is 0 Å². The fourth-order valence-electron chi connectivity index (χ4n) is 1.20. The monoisotopic (exact) mass is 268 g/mol. The number of allylic oxidation sites excluding steroid dienone is 1. The number of hydrogen-bond donors (Lipinski definition) is 0. The third-order valence-electron chi connectivity index (χ3n) is 1.76. The van der Waals surface area contributed by atoms with Crippen LogP contribution in [0.15, 0.2) is 24.3 Å². The van der Waals surface area contributed by atoms with Gasteiger partial charge in [-0.2, -0.15) is 0 Å². The molecule has 1 aliphatic rings. The minimum absolute atomic E-state index is 0.0133. The molecule has 0 N–H and O–H groups in total. The zero-order chi connectivity index (χ0) is 10.7. The van der Waals surface area contributed by atoms with Crippen molar-refractivity contribution in [1.29, 1.82) is 0 Å². The summed E-state index contributed by atoms with van der Waals surface area (Å²) in [5.41, 5.74) is 1.60. The van der Waals surface area contributed by atoms with Crippen molar-refractivity contribution in [1.82, 2.24) is 0 Å². The first-order chi connectivity index (χ1) is 6.68. The van der Waals surface area contributed by atoms with E-state index in [1.807, 2.05) is 6.07 Å². The van der Waals surface area contributed by atoms with Crippen LogP contribution >= 0.6 is 27.5 Å². The van der Waals surface area contributed by atoms with Crippen molar-refractivity contribution in [3.05, 3.63) is 40.4 Å². The molecule has 1 aromatic carbocycles. The maximum absolute atomic E-state index is 11.3. The summed E-state index contributed by atoms with van der Waals surface area (Å²) in [5, 5.41) is 0.595. The van der Waals surface area contributed by atoms with E-state index < -0.39 is 0 Å². The molecule has 2 rings (SSSR count). The molecule has 1 nitrogen and oxygen atoms in total. The molecule has 70 valence electrons. The highest BCUT2D eigenvalue weighted by molar-refractivity contribution is 9.15. The standard InChI is InChI=1S/C9H4BrClO.C2H2/c10-8-4-9(12)7-3-5(11)1-2-6(7)8;1-2/h1-4H;1-2H. The molecule has 0 bridgehead atoms. The van der Waals surface area contributed by atoms with Gasteiger partial charge in [-0.3, -0.25) is 4.79 Å². The summed E-state index contributed by atoms with van der Waals surface area (Å²) < 4.78 is 0.833. The molecule has 0 fully saturated rings. The predicted octanol–water partition coefficient (Wildman–Crippen LogP) is 3.52. The lowest BCUT2D eigenvalue weighted by atomic mass is 10.1. The predicted molar refractivity (Wildman–Crippen MR) is 62.6 cm³/mol. The molecular formula is C11H6BrClO. The van der Waals surface area contributed by atoms with E-state index in [0.717, 1.165) is 10.0 Å². The van der Waals surface area contributed by atoms with Crippen LogP contribution in [0.25, 0.3) is 4.48 Å². The van der Waals surface area contributed by atoms with Gasteiger partial charge >= 0.3 is 0 Å². The maximum atomic E-state index is 11.3. The number of terminal acetylenes is 1. The summed E-state index contributed by atoms with van der Waals surface area (Å²) in [6.45, 7) is 0. The van der Waals surface area contributed by atoms with Crippen molar-refractivity contribution < 1.29 is 4.79 Å². The molecular weight excluding hydrogens is 263 g/mol. The fourth-order valence-corrected chi connectivity index (χ4v) is 1.92. The Bertz CT molecular complexity index is 432. The summed E-state index contributed by atoms with van der Waals surface area (Å²) >= 11 is 9.04. The van der Waals surface area contributed by atoms with E-state index >= 15 is 0 Å². The number of carbonyl (C=O) groups excluding carboxylic acids is 1. The second-order valence-electron chi connectivity index (χ2n) is 2.55. The second kappa shape index (κ2) is 4.45. The van der Waals surface area contributed by atoms with Gasteiger partial charge in [-0.1, -0.05) is 33.6 Å². The van der Waals surface area contributed by atoms with E-state index in [1.54, 1.807) is 18.2 Å². The fraction of sp³-hybridized carbons (Fsp3) is 0. The van der Waals surface area contributed by atoms with E-state index in [2.05, 4.69) is 28.8 Å².